The van der Waals surface area contributed by atoms with E-state index in [0.29, 0.717) is 32.3 Å². The molecular formula is C24H33FIN3O2. The Bertz CT molecular complexity index is 813. The molecule has 0 saturated carbocycles. The SMILES string of the molecule is CCNC(=NCC1(c2cccc(F)c2)CCOCC1)NCC(CO)c1ccccc1.I. The average molecular weight is 541 g/mol. The Kier molecular flexibility index (Phi) is 10.7. The lowest BCUT2D eigenvalue weighted by molar-refractivity contribution is 0.0530. The second-order valence-electron chi connectivity index (χ2n) is 7.77. The number of rotatable bonds is 8. The Morgan fingerprint density at radius 1 is 1.13 bits per heavy atom. The van der Waals surface area contributed by atoms with E-state index < -0.39 is 0 Å². The van der Waals surface area contributed by atoms with Gasteiger partial charge in [-0.3, -0.25) is 4.99 Å². The summed E-state index contributed by atoms with van der Waals surface area (Å²) in [6.45, 7) is 5.23. The zero-order valence-corrected chi connectivity index (χ0v) is 20.3. The van der Waals surface area contributed by atoms with Crippen LogP contribution in [-0.4, -0.2) is 50.5 Å². The van der Waals surface area contributed by atoms with Gasteiger partial charge in [0.1, 0.15) is 5.82 Å². The summed E-state index contributed by atoms with van der Waals surface area (Å²) < 4.78 is 19.5. The molecule has 1 atom stereocenters. The van der Waals surface area contributed by atoms with E-state index in [0.717, 1.165) is 30.5 Å². The molecule has 2 aromatic carbocycles. The van der Waals surface area contributed by atoms with E-state index in [1.165, 1.54) is 6.07 Å². The predicted molar refractivity (Wildman–Crippen MR) is 134 cm³/mol. The molecule has 1 fully saturated rings. The van der Waals surface area contributed by atoms with Crippen molar-refractivity contribution in [2.75, 3.05) is 39.5 Å². The second-order valence-corrected chi connectivity index (χ2v) is 7.77. The first-order valence-corrected chi connectivity index (χ1v) is 10.7. The van der Waals surface area contributed by atoms with Gasteiger partial charge in [-0.15, -0.1) is 24.0 Å². The Morgan fingerprint density at radius 3 is 2.52 bits per heavy atom. The highest BCUT2D eigenvalue weighted by atomic mass is 127. The average Bonchev–Trinajstić information content (AvgIpc) is 2.79. The molecule has 170 valence electrons. The predicted octanol–water partition coefficient (Wildman–Crippen LogP) is 3.82. The van der Waals surface area contributed by atoms with Crippen molar-refractivity contribution in [1.29, 1.82) is 0 Å². The van der Waals surface area contributed by atoms with Crippen molar-refractivity contribution >= 4 is 29.9 Å². The summed E-state index contributed by atoms with van der Waals surface area (Å²) in [6.07, 6.45) is 1.62. The molecule has 3 N–H and O–H groups in total. The van der Waals surface area contributed by atoms with E-state index in [2.05, 4.69) is 10.6 Å². The zero-order chi connectivity index (χ0) is 21.2. The zero-order valence-electron chi connectivity index (χ0n) is 18.0. The van der Waals surface area contributed by atoms with Gasteiger partial charge in [-0.05, 0) is 43.0 Å². The lowest BCUT2D eigenvalue weighted by atomic mass is 9.74. The maximum absolute atomic E-state index is 13.9. The summed E-state index contributed by atoms with van der Waals surface area (Å²) in [5.41, 5.74) is 1.82. The van der Waals surface area contributed by atoms with Crippen LogP contribution >= 0.6 is 24.0 Å². The fourth-order valence-electron chi connectivity index (χ4n) is 3.92. The van der Waals surface area contributed by atoms with E-state index in [1.54, 1.807) is 12.1 Å². The van der Waals surface area contributed by atoms with E-state index in [1.807, 2.05) is 43.3 Å². The molecule has 0 radical (unpaired) electrons. The summed E-state index contributed by atoms with van der Waals surface area (Å²) in [5, 5.41) is 16.5. The molecule has 1 saturated heterocycles. The summed E-state index contributed by atoms with van der Waals surface area (Å²) in [7, 11) is 0. The molecule has 0 amide bonds. The van der Waals surface area contributed by atoms with E-state index in [-0.39, 0.29) is 47.7 Å². The number of benzene rings is 2. The Labute approximate surface area is 201 Å². The van der Waals surface area contributed by atoms with Crippen LogP contribution in [0.1, 0.15) is 36.8 Å². The van der Waals surface area contributed by atoms with Crippen molar-refractivity contribution < 1.29 is 14.2 Å². The van der Waals surface area contributed by atoms with Gasteiger partial charge in [0.25, 0.3) is 0 Å². The van der Waals surface area contributed by atoms with Crippen LogP contribution in [0.3, 0.4) is 0 Å². The van der Waals surface area contributed by atoms with Gasteiger partial charge in [0.2, 0.25) is 0 Å². The van der Waals surface area contributed by atoms with Crippen LogP contribution in [0.15, 0.2) is 59.6 Å². The molecule has 0 bridgehead atoms. The fourth-order valence-corrected chi connectivity index (χ4v) is 3.92. The van der Waals surface area contributed by atoms with Crippen molar-refractivity contribution in [3.8, 4) is 0 Å². The third-order valence-electron chi connectivity index (χ3n) is 5.78. The van der Waals surface area contributed by atoms with Crippen molar-refractivity contribution in [1.82, 2.24) is 10.6 Å². The summed E-state index contributed by atoms with van der Waals surface area (Å²) in [6, 6.07) is 16.8. The summed E-state index contributed by atoms with van der Waals surface area (Å²) in [5.74, 6) is 0.463. The van der Waals surface area contributed by atoms with Crippen LogP contribution < -0.4 is 10.6 Å². The third kappa shape index (κ3) is 7.15. The van der Waals surface area contributed by atoms with E-state index in [4.69, 9.17) is 9.73 Å². The Balaban J connectivity index is 0.00000341. The first kappa shape index (κ1) is 25.5. The second kappa shape index (κ2) is 13.0. The highest BCUT2D eigenvalue weighted by molar-refractivity contribution is 14.0. The number of guanidine groups is 1. The van der Waals surface area contributed by atoms with Gasteiger partial charge in [0, 0.05) is 37.6 Å². The largest absolute Gasteiger partial charge is 0.396 e. The van der Waals surface area contributed by atoms with Gasteiger partial charge in [-0.25, -0.2) is 4.39 Å². The third-order valence-corrected chi connectivity index (χ3v) is 5.78. The molecule has 0 spiro atoms. The lowest BCUT2D eigenvalue weighted by Gasteiger charge is -2.36. The van der Waals surface area contributed by atoms with Gasteiger partial charge in [0.05, 0.1) is 13.2 Å². The number of hydrogen-bond donors (Lipinski definition) is 3. The van der Waals surface area contributed by atoms with Crippen molar-refractivity contribution in [2.45, 2.75) is 31.1 Å². The van der Waals surface area contributed by atoms with Crippen LogP contribution in [0.2, 0.25) is 0 Å². The molecule has 1 unspecified atom stereocenters. The topological polar surface area (TPSA) is 65.9 Å². The fraction of sp³-hybridized carbons (Fsp3) is 0.458. The minimum atomic E-state index is -0.238. The van der Waals surface area contributed by atoms with E-state index >= 15 is 0 Å². The molecule has 1 aliphatic heterocycles. The number of nitrogens with one attached hydrogen (secondary N) is 2. The molecule has 0 aromatic heterocycles. The highest BCUT2D eigenvalue weighted by Gasteiger charge is 2.34. The van der Waals surface area contributed by atoms with Crippen molar-refractivity contribution in [2.24, 2.45) is 4.99 Å². The van der Waals surface area contributed by atoms with Gasteiger partial charge in [0.15, 0.2) is 5.96 Å². The normalized spacial score (nSPS) is 16.8. The number of hydrogen-bond acceptors (Lipinski definition) is 3. The number of halogens is 2. The molecule has 1 aliphatic rings. The molecule has 1 heterocycles. The Morgan fingerprint density at radius 2 is 1.87 bits per heavy atom. The van der Waals surface area contributed by atoms with Crippen molar-refractivity contribution in [3.63, 3.8) is 0 Å². The van der Waals surface area contributed by atoms with Crippen LogP contribution in [0.25, 0.3) is 0 Å². The molecule has 31 heavy (non-hydrogen) atoms. The molecule has 3 rings (SSSR count). The molecule has 5 nitrogen and oxygen atoms in total. The monoisotopic (exact) mass is 541 g/mol. The number of ether oxygens (including phenoxy) is 1. The first-order chi connectivity index (χ1) is 14.7. The molecule has 0 aliphatic carbocycles. The molecule has 2 aromatic rings. The van der Waals surface area contributed by atoms with Crippen LogP contribution in [-0.2, 0) is 10.2 Å². The number of nitrogens with zero attached hydrogens (tertiary/aromatic N) is 1. The van der Waals surface area contributed by atoms with Crippen LogP contribution in [0.4, 0.5) is 4.39 Å². The minimum Gasteiger partial charge on any atom is -0.396 e. The van der Waals surface area contributed by atoms with Crippen LogP contribution in [0.5, 0.6) is 0 Å². The van der Waals surface area contributed by atoms with Gasteiger partial charge < -0.3 is 20.5 Å². The smallest absolute Gasteiger partial charge is 0.191 e. The number of aliphatic hydroxyl groups is 1. The maximum atomic E-state index is 13.9. The Hall–Kier alpha value is -1.71. The summed E-state index contributed by atoms with van der Waals surface area (Å²) >= 11 is 0. The van der Waals surface area contributed by atoms with Gasteiger partial charge >= 0.3 is 0 Å². The highest BCUT2D eigenvalue weighted by Crippen LogP contribution is 2.35. The molecule has 7 heteroatoms. The number of aliphatic hydroxyl groups excluding tert-OH is 1. The summed E-state index contributed by atoms with van der Waals surface area (Å²) in [4.78, 5) is 4.85. The van der Waals surface area contributed by atoms with Crippen molar-refractivity contribution in [3.05, 3.63) is 71.5 Å². The first-order valence-electron chi connectivity index (χ1n) is 10.7. The molecular weight excluding hydrogens is 508 g/mol. The number of aliphatic imine (C=N–C) groups is 1. The lowest BCUT2D eigenvalue weighted by Crippen LogP contribution is -2.42. The standard InChI is InChI=1S/C24H32FN3O2.HI/c1-2-26-23(27-16-20(17-29)19-7-4-3-5-8-19)28-18-24(11-13-30-14-12-24)21-9-6-10-22(25)15-21;/h3-10,15,20,29H,2,11-14,16-18H2,1H3,(H2,26,27,28);1H. The van der Waals surface area contributed by atoms with Gasteiger partial charge in [-0.2, -0.15) is 0 Å². The maximum Gasteiger partial charge on any atom is 0.191 e. The minimum absolute atomic E-state index is 0. The quantitative estimate of drug-likeness (QED) is 0.270. The van der Waals surface area contributed by atoms with Crippen LogP contribution in [0, 0.1) is 5.82 Å². The van der Waals surface area contributed by atoms with Gasteiger partial charge in [-0.1, -0.05) is 42.5 Å². The van der Waals surface area contributed by atoms with E-state index in [9.17, 15) is 9.50 Å².